The van der Waals surface area contributed by atoms with Crippen LogP contribution in [0.15, 0.2) is 88.6 Å². The van der Waals surface area contributed by atoms with E-state index in [1.165, 1.54) is 18.1 Å². The smallest absolute Gasteiger partial charge is 0.377 e. The molecule has 1 aliphatic rings. The Labute approximate surface area is 320 Å². The van der Waals surface area contributed by atoms with E-state index in [-0.39, 0.29) is 47.1 Å². The summed E-state index contributed by atoms with van der Waals surface area (Å²) in [6.45, 7) is 0.0897. The number of hydrogen-bond acceptors (Lipinski definition) is 9. The molecule has 11 nitrogen and oxygen atoms in total. The van der Waals surface area contributed by atoms with Crippen molar-refractivity contribution < 1.29 is 27.6 Å². The quantitative estimate of drug-likeness (QED) is 0.121. The van der Waals surface area contributed by atoms with Crippen LogP contribution in [0, 0.1) is 0 Å². The average Bonchev–Trinajstić information content (AvgIpc) is 3.15. The van der Waals surface area contributed by atoms with E-state index in [1.807, 2.05) is 30.3 Å². The number of nitrogens with zero attached hydrogens (tertiary/aromatic N) is 3. The lowest BCUT2D eigenvalue weighted by molar-refractivity contribution is -0.142. The molecule has 0 aliphatic carbocycles. The van der Waals surface area contributed by atoms with Gasteiger partial charge in [-0.3, -0.25) is 19.4 Å². The van der Waals surface area contributed by atoms with Gasteiger partial charge in [-0.15, -0.1) is 0 Å². The van der Waals surface area contributed by atoms with Gasteiger partial charge in [0.25, 0.3) is 5.91 Å². The first-order valence-corrected chi connectivity index (χ1v) is 18.6. The van der Waals surface area contributed by atoms with E-state index >= 15 is 0 Å². The van der Waals surface area contributed by atoms with Gasteiger partial charge in [-0.05, 0) is 74.7 Å². The summed E-state index contributed by atoms with van der Waals surface area (Å²) >= 11 is 7.51. The number of halogens is 4. The number of benzene rings is 2. The van der Waals surface area contributed by atoms with Crippen molar-refractivity contribution in [3.63, 3.8) is 0 Å². The molecule has 0 unspecified atom stereocenters. The zero-order valence-corrected chi connectivity index (χ0v) is 31.2. The van der Waals surface area contributed by atoms with Gasteiger partial charge in [-0.2, -0.15) is 13.2 Å². The SMILES string of the molecule is CN1C(=O)[C@H](CCCCN)NC(=O)/C(=C\CCN)NCc2cccnc2Sc2c(Cl)ccc(C(F)(F)F)c2CNC(=O)[C@@H]1Cc1ccc2ccccc2n1. The van der Waals surface area contributed by atoms with Crippen LogP contribution in [0.3, 0.4) is 0 Å². The summed E-state index contributed by atoms with van der Waals surface area (Å²) in [5.74, 6) is -1.89. The maximum absolute atomic E-state index is 14.6. The highest BCUT2D eigenvalue weighted by molar-refractivity contribution is 7.99. The summed E-state index contributed by atoms with van der Waals surface area (Å²) in [4.78, 5) is 52.8. The molecule has 3 amide bonds. The molecule has 3 heterocycles. The van der Waals surface area contributed by atoms with Crippen LogP contribution < -0.4 is 27.4 Å². The van der Waals surface area contributed by atoms with Crippen LogP contribution in [0.2, 0.25) is 5.02 Å². The van der Waals surface area contributed by atoms with Gasteiger partial charge >= 0.3 is 6.18 Å². The Kier molecular flexibility index (Phi) is 13.9. The number of carbonyl (C=O) groups is 3. The first kappa shape index (κ1) is 40.5. The Morgan fingerprint density at radius 1 is 0.981 bits per heavy atom. The van der Waals surface area contributed by atoms with Gasteiger partial charge in [-0.25, -0.2) is 4.98 Å². The van der Waals surface area contributed by atoms with Crippen LogP contribution >= 0.6 is 23.4 Å². The highest BCUT2D eigenvalue weighted by Gasteiger charge is 2.37. The number of likely N-dealkylation sites (N-methyl/N-ethyl adjacent to an activating group) is 1. The fraction of sp³-hybridized carbons (Fsp3) is 0.342. The van der Waals surface area contributed by atoms with Crippen molar-refractivity contribution in [1.29, 1.82) is 0 Å². The molecular weight excluding hydrogens is 741 g/mol. The Morgan fingerprint density at radius 2 is 1.78 bits per heavy atom. The van der Waals surface area contributed by atoms with Gasteiger partial charge in [0.05, 0.1) is 21.8 Å². The fourth-order valence-corrected chi connectivity index (χ4v) is 7.41. The number of alkyl halides is 3. The Bertz CT molecular complexity index is 2010. The van der Waals surface area contributed by atoms with Crippen LogP contribution in [-0.4, -0.2) is 64.8 Å². The number of rotatable bonds is 8. The van der Waals surface area contributed by atoms with Crippen LogP contribution in [0.5, 0.6) is 0 Å². The number of pyridine rings is 2. The molecule has 0 saturated heterocycles. The van der Waals surface area contributed by atoms with Crippen molar-refractivity contribution in [2.45, 2.75) is 73.4 Å². The van der Waals surface area contributed by atoms with Gasteiger partial charge in [-0.1, -0.05) is 59.8 Å². The van der Waals surface area contributed by atoms with Crippen molar-refractivity contribution in [2.24, 2.45) is 11.5 Å². The summed E-state index contributed by atoms with van der Waals surface area (Å²) in [7, 11) is 1.43. The molecule has 0 saturated carbocycles. The highest BCUT2D eigenvalue weighted by atomic mass is 35.5. The number of aromatic nitrogens is 2. The van der Waals surface area contributed by atoms with Gasteiger partial charge in [0.15, 0.2) is 0 Å². The van der Waals surface area contributed by atoms with E-state index in [0.29, 0.717) is 47.6 Å². The molecule has 0 radical (unpaired) electrons. The number of unbranched alkanes of at least 4 members (excludes halogenated alkanes) is 1. The van der Waals surface area contributed by atoms with Crippen molar-refractivity contribution >= 4 is 52.0 Å². The van der Waals surface area contributed by atoms with Crippen LogP contribution in [-0.2, 0) is 40.1 Å². The fourth-order valence-electron chi connectivity index (χ4n) is 6.07. The number of carbonyl (C=O) groups excluding carboxylic acids is 3. The average molecular weight is 783 g/mol. The normalized spacial score (nSPS) is 18.4. The Hall–Kier alpha value is -4.70. The molecule has 2 aromatic carbocycles. The zero-order valence-electron chi connectivity index (χ0n) is 29.6. The Balaban J connectivity index is 1.64. The van der Waals surface area contributed by atoms with E-state index in [1.54, 1.807) is 24.3 Å². The topological polar surface area (TPSA) is 168 Å². The minimum atomic E-state index is -4.79. The lowest BCUT2D eigenvalue weighted by atomic mass is 10.0. The Morgan fingerprint density at radius 3 is 2.54 bits per heavy atom. The van der Waals surface area contributed by atoms with Crippen molar-refractivity contribution in [1.82, 2.24) is 30.8 Å². The van der Waals surface area contributed by atoms with Gasteiger partial charge in [0, 0.05) is 54.3 Å². The number of fused-ring (bicyclic) bond motifs is 3. The standard InChI is InChI=1S/C38H42ClF3N8O3S/c1-50-32(20-25-14-13-23-8-2-3-10-29(23)48-25)35(52)47-22-26-27(38(40,41)42)15-16-28(39)33(26)54-36-24(9-7-19-45-36)21-46-30(12-6-18-44)34(51)49-31(37(50)53)11-4-5-17-43/h2-3,7-10,12-16,19,31-32,46H,4-6,11,17-18,20-22,43-44H2,1H3,(H,47,52)(H,49,51)/b30-12+/t31-,32-/m0/s1. The molecule has 0 bridgehead atoms. The van der Waals surface area contributed by atoms with E-state index < -0.39 is 48.1 Å². The van der Waals surface area contributed by atoms with E-state index in [0.717, 1.165) is 29.3 Å². The molecule has 0 fully saturated rings. The molecule has 54 heavy (non-hydrogen) atoms. The second-order valence-electron chi connectivity index (χ2n) is 12.7. The van der Waals surface area contributed by atoms with E-state index in [4.69, 9.17) is 28.1 Å². The minimum Gasteiger partial charge on any atom is -0.377 e. The summed E-state index contributed by atoms with van der Waals surface area (Å²) in [5, 5.41) is 9.85. The monoisotopic (exact) mass is 782 g/mol. The minimum absolute atomic E-state index is 0.0205. The van der Waals surface area contributed by atoms with E-state index in [9.17, 15) is 27.6 Å². The largest absolute Gasteiger partial charge is 0.416 e. The van der Waals surface area contributed by atoms with Gasteiger partial charge in [0.1, 0.15) is 17.1 Å². The zero-order chi connectivity index (χ0) is 38.8. The number of amides is 3. The number of nitrogens with one attached hydrogen (secondary N) is 3. The van der Waals surface area contributed by atoms with Crippen LogP contribution in [0.25, 0.3) is 10.9 Å². The molecule has 4 aromatic rings. The molecule has 2 atom stereocenters. The second-order valence-corrected chi connectivity index (χ2v) is 14.1. The lowest BCUT2D eigenvalue weighted by Gasteiger charge is -2.31. The molecule has 286 valence electrons. The molecule has 5 rings (SSSR count). The third-order valence-corrected chi connectivity index (χ3v) is 10.6. The third kappa shape index (κ3) is 10.1. The maximum atomic E-state index is 14.6. The first-order chi connectivity index (χ1) is 25.9. The molecular formula is C38H42ClF3N8O3S. The van der Waals surface area contributed by atoms with Gasteiger partial charge < -0.3 is 32.3 Å². The summed E-state index contributed by atoms with van der Waals surface area (Å²) < 4.78 is 43.7. The second kappa shape index (κ2) is 18.6. The summed E-state index contributed by atoms with van der Waals surface area (Å²) in [6.07, 6.45) is -0.147. The number of para-hydroxylation sites is 1. The number of nitrogens with two attached hydrogens (primary N) is 2. The molecule has 2 aromatic heterocycles. The lowest BCUT2D eigenvalue weighted by Crippen LogP contribution is -2.55. The van der Waals surface area contributed by atoms with Gasteiger partial charge in [0.2, 0.25) is 11.8 Å². The van der Waals surface area contributed by atoms with Crippen molar-refractivity contribution in [2.75, 3.05) is 20.1 Å². The van der Waals surface area contributed by atoms with Crippen LogP contribution in [0.4, 0.5) is 13.2 Å². The molecule has 0 spiro atoms. The van der Waals surface area contributed by atoms with Crippen molar-refractivity contribution in [3.05, 3.63) is 106 Å². The predicted molar refractivity (Wildman–Crippen MR) is 202 cm³/mol. The predicted octanol–water partition coefficient (Wildman–Crippen LogP) is 5.09. The summed E-state index contributed by atoms with van der Waals surface area (Å²) in [6, 6.07) is 14.0. The highest BCUT2D eigenvalue weighted by Crippen LogP contribution is 2.42. The number of hydrogen-bond donors (Lipinski definition) is 5. The van der Waals surface area contributed by atoms with Crippen molar-refractivity contribution in [3.8, 4) is 0 Å². The molecule has 16 heteroatoms. The van der Waals surface area contributed by atoms with Crippen LogP contribution in [0.1, 0.15) is 48.1 Å². The van der Waals surface area contributed by atoms with E-state index in [2.05, 4.69) is 20.9 Å². The third-order valence-electron chi connectivity index (χ3n) is 8.96. The maximum Gasteiger partial charge on any atom is 0.416 e. The first-order valence-electron chi connectivity index (χ1n) is 17.5. The summed E-state index contributed by atoms with van der Waals surface area (Å²) in [5.41, 5.74) is 12.1. The molecule has 7 N–H and O–H groups in total. The molecule has 1 aliphatic heterocycles.